The van der Waals surface area contributed by atoms with Gasteiger partial charge in [0.25, 0.3) is 0 Å². The monoisotopic (exact) mass is 279 g/mol. The van der Waals surface area contributed by atoms with Crippen LogP contribution in [0.15, 0.2) is 4.99 Å². The average Bonchev–Trinajstić information content (AvgIpc) is 3.08. The smallest absolute Gasteiger partial charge is 0.191 e. The molecule has 2 unspecified atom stereocenters. The van der Waals surface area contributed by atoms with Crippen molar-refractivity contribution >= 4 is 5.96 Å². The number of ether oxygens (including phenoxy) is 1. The molecule has 2 atom stereocenters. The number of nitrogens with zero attached hydrogens (tertiary/aromatic N) is 1. The number of nitrogens with one attached hydrogen (secondary N) is 2. The molecule has 4 heteroatoms. The lowest BCUT2D eigenvalue weighted by Crippen LogP contribution is -2.65. The fourth-order valence-corrected chi connectivity index (χ4v) is 3.97. The Bertz CT molecular complexity index is 359. The first-order valence-corrected chi connectivity index (χ1v) is 8.47. The standard InChI is InChI=1S/C16H29N3O/c1-3-17-15(18-12-7-8-12)19-13-11-14(20-4-2)16(13)9-5-6-10-16/h12-14H,3-11H2,1-2H3,(H2,17,18,19). The first-order valence-electron chi connectivity index (χ1n) is 8.47. The summed E-state index contributed by atoms with van der Waals surface area (Å²) in [6.45, 7) is 5.90. The molecule has 0 aliphatic heterocycles. The molecule has 0 radical (unpaired) electrons. The molecule has 0 heterocycles. The summed E-state index contributed by atoms with van der Waals surface area (Å²) < 4.78 is 5.98. The number of aliphatic imine (C=N–C) groups is 1. The van der Waals surface area contributed by atoms with Crippen molar-refractivity contribution in [3.63, 3.8) is 0 Å². The van der Waals surface area contributed by atoms with E-state index in [1.54, 1.807) is 0 Å². The molecule has 3 aliphatic carbocycles. The molecule has 1 spiro atoms. The fourth-order valence-electron chi connectivity index (χ4n) is 3.97. The van der Waals surface area contributed by atoms with Crippen LogP contribution in [0.1, 0.15) is 58.8 Å². The van der Waals surface area contributed by atoms with Crippen LogP contribution in [0.25, 0.3) is 0 Å². The predicted molar refractivity (Wildman–Crippen MR) is 82.0 cm³/mol. The summed E-state index contributed by atoms with van der Waals surface area (Å²) in [4.78, 5) is 4.61. The third-order valence-electron chi connectivity index (χ3n) is 5.23. The molecule has 2 N–H and O–H groups in total. The first kappa shape index (κ1) is 14.2. The lowest BCUT2D eigenvalue weighted by atomic mass is 9.60. The Morgan fingerprint density at radius 3 is 2.55 bits per heavy atom. The van der Waals surface area contributed by atoms with Gasteiger partial charge in [0.05, 0.1) is 6.10 Å². The van der Waals surface area contributed by atoms with Gasteiger partial charge in [-0.2, -0.15) is 0 Å². The molecular formula is C16H29N3O. The Labute approximate surface area is 122 Å². The van der Waals surface area contributed by atoms with E-state index in [1.807, 2.05) is 0 Å². The molecule has 20 heavy (non-hydrogen) atoms. The van der Waals surface area contributed by atoms with Crippen molar-refractivity contribution in [1.82, 2.24) is 10.6 Å². The van der Waals surface area contributed by atoms with Crippen molar-refractivity contribution in [3.05, 3.63) is 0 Å². The van der Waals surface area contributed by atoms with Crippen molar-refractivity contribution in [1.29, 1.82) is 0 Å². The van der Waals surface area contributed by atoms with Crippen LogP contribution in [-0.2, 0) is 4.74 Å². The van der Waals surface area contributed by atoms with Gasteiger partial charge in [-0.25, -0.2) is 0 Å². The van der Waals surface area contributed by atoms with Crippen LogP contribution in [0.2, 0.25) is 0 Å². The molecule has 0 amide bonds. The molecule has 3 rings (SSSR count). The Balaban J connectivity index is 1.62. The van der Waals surface area contributed by atoms with Gasteiger partial charge in [-0.15, -0.1) is 0 Å². The Hall–Kier alpha value is -0.770. The molecule has 114 valence electrons. The number of hydrogen-bond acceptors (Lipinski definition) is 2. The van der Waals surface area contributed by atoms with Crippen molar-refractivity contribution in [3.8, 4) is 0 Å². The molecule has 0 saturated heterocycles. The third kappa shape index (κ3) is 2.67. The van der Waals surface area contributed by atoms with Crippen LogP contribution in [0.5, 0.6) is 0 Å². The molecule has 4 nitrogen and oxygen atoms in total. The van der Waals surface area contributed by atoms with Gasteiger partial charge in [0.2, 0.25) is 0 Å². The summed E-state index contributed by atoms with van der Waals surface area (Å²) in [7, 11) is 0. The summed E-state index contributed by atoms with van der Waals surface area (Å²) in [6, 6.07) is 1.22. The minimum Gasteiger partial charge on any atom is -0.378 e. The molecule has 0 aromatic carbocycles. The lowest BCUT2D eigenvalue weighted by molar-refractivity contribution is -0.125. The van der Waals surface area contributed by atoms with Crippen molar-refractivity contribution in [2.24, 2.45) is 10.4 Å². The summed E-state index contributed by atoms with van der Waals surface area (Å²) in [5.41, 5.74) is 0.385. The zero-order valence-corrected chi connectivity index (χ0v) is 13.0. The summed E-state index contributed by atoms with van der Waals surface area (Å²) >= 11 is 0. The highest BCUT2D eigenvalue weighted by atomic mass is 16.5. The zero-order chi connectivity index (χ0) is 14.0. The fraction of sp³-hybridized carbons (Fsp3) is 0.938. The highest BCUT2D eigenvalue weighted by molar-refractivity contribution is 5.81. The summed E-state index contributed by atoms with van der Waals surface area (Å²) in [5.74, 6) is 1.03. The van der Waals surface area contributed by atoms with E-state index < -0.39 is 0 Å². The summed E-state index contributed by atoms with van der Waals surface area (Å²) in [5, 5.41) is 7.25. The highest BCUT2D eigenvalue weighted by Gasteiger charge is 2.57. The quantitative estimate of drug-likeness (QED) is 0.600. The minimum absolute atomic E-state index is 0.385. The normalized spacial score (nSPS) is 32.2. The average molecular weight is 279 g/mol. The maximum absolute atomic E-state index is 5.98. The van der Waals surface area contributed by atoms with Crippen LogP contribution in [0, 0.1) is 5.41 Å². The van der Waals surface area contributed by atoms with Crippen molar-refractivity contribution in [2.45, 2.75) is 77.0 Å². The van der Waals surface area contributed by atoms with Gasteiger partial charge in [-0.05, 0) is 46.0 Å². The Kier molecular flexibility index (Phi) is 4.20. The number of guanidine groups is 1. The van der Waals surface area contributed by atoms with E-state index in [1.165, 1.54) is 38.5 Å². The van der Waals surface area contributed by atoms with Crippen LogP contribution in [0.4, 0.5) is 0 Å². The maximum atomic E-state index is 5.98. The molecule has 0 bridgehead atoms. The Morgan fingerprint density at radius 1 is 1.20 bits per heavy atom. The SMILES string of the molecule is CCN=C(NC1CC1)NC1CC(OCC)C12CCCC2. The largest absolute Gasteiger partial charge is 0.378 e. The topological polar surface area (TPSA) is 45.7 Å². The number of hydrogen-bond donors (Lipinski definition) is 2. The van der Waals surface area contributed by atoms with Crippen molar-refractivity contribution < 1.29 is 4.74 Å². The third-order valence-corrected chi connectivity index (χ3v) is 5.23. The van der Waals surface area contributed by atoms with E-state index in [0.717, 1.165) is 25.5 Å². The van der Waals surface area contributed by atoms with E-state index in [4.69, 9.17) is 4.74 Å². The second-order valence-corrected chi connectivity index (χ2v) is 6.56. The molecule has 3 aliphatic rings. The number of rotatable bonds is 5. The molecule has 0 aromatic heterocycles. The van der Waals surface area contributed by atoms with E-state index >= 15 is 0 Å². The van der Waals surface area contributed by atoms with Crippen molar-refractivity contribution in [2.75, 3.05) is 13.2 Å². The van der Waals surface area contributed by atoms with Crippen LogP contribution in [0.3, 0.4) is 0 Å². The second-order valence-electron chi connectivity index (χ2n) is 6.56. The minimum atomic E-state index is 0.385. The van der Waals surface area contributed by atoms with E-state index in [0.29, 0.717) is 23.6 Å². The lowest BCUT2D eigenvalue weighted by Gasteiger charge is -2.54. The van der Waals surface area contributed by atoms with Crippen LogP contribution < -0.4 is 10.6 Å². The van der Waals surface area contributed by atoms with Gasteiger partial charge in [0.15, 0.2) is 5.96 Å². The predicted octanol–water partition coefficient (Wildman–Crippen LogP) is 2.44. The summed E-state index contributed by atoms with van der Waals surface area (Å²) in [6.07, 6.45) is 9.55. The maximum Gasteiger partial charge on any atom is 0.191 e. The van der Waals surface area contributed by atoms with Gasteiger partial charge in [-0.3, -0.25) is 4.99 Å². The second kappa shape index (κ2) is 5.92. The molecule has 3 fully saturated rings. The molecule has 0 aromatic rings. The van der Waals surface area contributed by atoms with Crippen LogP contribution in [-0.4, -0.2) is 37.3 Å². The van der Waals surface area contributed by atoms with E-state index in [2.05, 4.69) is 29.5 Å². The van der Waals surface area contributed by atoms with Gasteiger partial charge >= 0.3 is 0 Å². The van der Waals surface area contributed by atoms with Gasteiger partial charge < -0.3 is 15.4 Å². The van der Waals surface area contributed by atoms with E-state index in [-0.39, 0.29) is 0 Å². The molecule has 3 saturated carbocycles. The highest BCUT2D eigenvalue weighted by Crippen LogP contribution is 2.54. The zero-order valence-electron chi connectivity index (χ0n) is 13.0. The van der Waals surface area contributed by atoms with Gasteiger partial charge in [0.1, 0.15) is 0 Å². The van der Waals surface area contributed by atoms with Crippen LogP contribution >= 0.6 is 0 Å². The van der Waals surface area contributed by atoms with E-state index in [9.17, 15) is 0 Å². The Morgan fingerprint density at radius 2 is 1.95 bits per heavy atom. The first-order chi connectivity index (χ1) is 9.78. The van der Waals surface area contributed by atoms with Gasteiger partial charge in [-0.1, -0.05) is 12.8 Å². The van der Waals surface area contributed by atoms with Gasteiger partial charge in [0, 0.05) is 30.7 Å². The molecular weight excluding hydrogens is 250 g/mol.